The van der Waals surface area contributed by atoms with Crippen LogP contribution in [0.25, 0.3) is 0 Å². The van der Waals surface area contributed by atoms with Crippen LogP contribution in [0, 0.1) is 5.92 Å². The standard InChI is InChI=1S/C15H25NO5.C7H5F3O3S/c1-3-20-14(18)9-16-11-5-10(15(19)21-4-2)6-12(16)8-13(17)7-11;8-7(9,10)5-1-3-6(4-2-5)14(11,12)13/h10-13,17H,3-9H2,1-2H3;1-4H,(H,11,12,13). The molecule has 2 atom stereocenters. The summed E-state index contributed by atoms with van der Waals surface area (Å²) in [6.45, 7) is 4.59. The minimum atomic E-state index is -4.52. The Bertz CT molecular complexity index is 952. The highest BCUT2D eigenvalue weighted by Gasteiger charge is 2.44. The molecule has 1 aromatic rings. The van der Waals surface area contributed by atoms with E-state index in [1.807, 2.05) is 0 Å². The number of fused-ring (bicyclic) bond motifs is 2. The molecule has 0 spiro atoms. The van der Waals surface area contributed by atoms with Gasteiger partial charge in [0, 0.05) is 12.1 Å². The summed E-state index contributed by atoms with van der Waals surface area (Å²) in [5, 5.41) is 9.94. The maximum Gasteiger partial charge on any atom is 0.416 e. The normalized spacial score (nSPS) is 24.7. The van der Waals surface area contributed by atoms with Gasteiger partial charge in [0.05, 0.1) is 42.2 Å². The van der Waals surface area contributed by atoms with Crippen molar-refractivity contribution in [1.29, 1.82) is 0 Å². The van der Waals surface area contributed by atoms with Gasteiger partial charge in [0.1, 0.15) is 0 Å². The first kappa shape index (κ1) is 29.0. The van der Waals surface area contributed by atoms with Crippen molar-refractivity contribution in [3.8, 4) is 0 Å². The number of carbonyl (C=O) groups is 2. The van der Waals surface area contributed by atoms with Gasteiger partial charge in [-0.3, -0.25) is 19.0 Å². The average Bonchev–Trinajstić information content (AvgIpc) is 2.74. The molecule has 2 N–H and O–H groups in total. The van der Waals surface area contributed by atoms with Crippen molar-refractivity contribution in [3.05, 3.63) is 29.8 Å². The molecule has 3 rings (SSSR count). The fourth-order valence-electron chi connectivity index (χ4n) is 4.39. The number of alkyl halides is 3. The third-order valence-electron chi connectivity index (χ3n) is 5.86. The zero-order valence-corrected chi connectivity index (χ0v) is 20.2. The molecule has 0 aliphatic carbocycles. The zero-order valence-electron chi connectivity index (χ0n) is 19.4. The second-order valence-electron chi connectivity index (χ2n) is 8.33. The first-order chi connectivity index (χ1) is 16.3. The quantitative estimate of drug-likeness (QED) is 0.425. The molecule has 0 aromatic heterocycles. The summed E-state index contributed by atoms with van der Waals surface area (Å²) in [7, 11) is -4.43. The summed E-state index contributed by atoms with van der Waals surface area (Å²) in [5.74, 6) is -0.510. The lowest BCUT2D eigenvalue weighted by Crippen LogP contribution is -2.57. The minimum Gasteiger partial charge on any atom is -0.466 e. The predicted molar refractivity (Wildman–Crippen MR) is 117 cm³/mol. The molecule has 2 saturated heterocycles. The van der Waals surface area contributed by atoms with E-state index >= 15 is 0 Å². The van der Waals surface area contributed by atoms with Crippen LogP contribution >= 0.6 is 0 Å². The fraction of sp³-hybridized carbons (Fsp3) is 0.636. The van der Waals surface area contributed by atoms with E-state index in [4.69, 9.17) is 14.0 Å². The first-order valence-electron chi connectivity index (χ1n) is 11.2. The molecule has 2 heterocycles. The predicted octanol–water partition coefficient (Wildman–Crippen LogP) is 2.67. The summed E-state index contributed by atoms with van der Waals surface area (Å²) in [6, 6.07) is 2.65. The van der Waals surface area contributed by atoms with E-state index in [0.29, 0.717) is 63.2 Å². The van der Waals surface area contributed by atoms with Crippen LogP contribution in [0.1, 0.15) is 45.1 Å². The first-order valence-corrected chi connectivity index (χ1v) is 12.6. The molecule has 35 heavy (non-hydrogen) atoms. The maximum atomic E-state index is 12.0. The van der Waals surface area contributed by atoms with Crippen LogP contribution < -0.4 is 0 Å². The Kier molecular flexibility index (Phi) is 10.1. The Labute approximate surface area is 201 Å². The molecule has 0 radical (unpaired) electrons. The maximum absolute atomic E-state index is 12.0. The fourth-order valence-corrected chi connectivity index (χ4v) is 4.87. The number of hydrogen-bond donors (Lipinski definition) is 2. The molecule has 2 unspecified atom stereocenters. The largest absolute Gasteiger partial charge is 0.466 e. The van der Waals surface area contributed by atoms with E-state index in [1.54, 1.807) is 13.8 Å². The van der Waals surface area contributed by atoms with Gasteiger partial charge in [0.2, 0.25) is 0 Å². The molecular formula is C22H30F3NO8S. The van der Waals surface area contributed by atoms with Crippen LogP contribution in [0.2, 0.25) is 0 Å². The van der Waals surface area contributed by atoms with Crippen LogP contribution in [-0.4, -0.2) is 72.9 Å². The summed E-state index contributed by atoms with van der Waals surface area (Å²) in [5.41, 5.74) is -0.968. The highest BCUT2D eigenvalue weighted by Crippen LogP contribution is 2.37. The number of benzene rings is 1. The van der Waals surface area contributed by atoms with E-state index < -0.39 is 26.8 Å². The number of esters is 2. The Hall–Kier alpha value is -2.22. The lowest BCUT2D eigenvalue weighted by Gasteiger charge is -2.49. The van der Waals surface area contributed by atoms with Crippen molar-refractivity contribution in [1.82, 2.24) is 4.90 Å². The molecular weight excluding hydrogens is 495 g/mol. The SMILES string of the molecule is CCOC(=O)CN1C2CC(O)CC1CC(C(=O)OCC)C2.O=S(=O)(O)c1ccc(C(F)(F)F)cc1. The van der Waals surface area contributed by atoms with Gasteiger partial charge in [0.25, 0.3) is 10.1 Å². The zero-order chi connectivity index (χ0) is 26.4. The third-order valence-corrected chi connectivity index (χ3v) is 6.72. The van der Waals surface area contributed by atoms with Crippen molar-refractivity contribution in [2.24, 2.45) is 5.92 Å². The van der Waals surface area contributed by atoms with Gasteiger partial charge in [-0.2, -0.15) is 21.6 Å². The molecule has 2 fully saturated rings. The van der Waals surface area contributed by atoms with Crippen LogP contribution in [-0.2, 0) is 35.4 Å². The Morgan fingerprint density at radius 2 is 1.51 bits per heavy atom. The average molecular weight is 526 g/mol. The highest BCUT2D eigenvalue weighted by atomic mass is 32.2. The summed E-state index contributed by atoms with van der Waals surface area (Å²) in [6.07, 6.45) is -2.37. The number of hydrogen-bond acceptors (Lipinski definition) is 8. The van der Waals surface area contributed by atoms with Crippen molar-refractivity contribution in [2.75, 3.05) is 19.8 Å². The van der Waals surface area contributed by atoms with Gasteiger partial charge in [0.15, 0.2) is 0 Å². The van der Waals surface area contributed by atoms with Gasteiger partial charge in [-0.15, -0.1) is 0 Å². The number of halogens is 3. The van der Waals surface area contributed by atoms with E-state index in [0.717, 1.165) is 0 Å². The van der Waals surface area contributed by atoms with E-state index in [1.165, 1.54) is 0 Å². The Morgan fingerprint density at radius 1 is 1.00 bits per heavy atom. The van der Waals surface area contributed by atoms with E-state index in [9.17, 15) is 36.3 Å². The topological polar surface area (TPSA) is 130 Å². The molecule has 2 bridgehead atoms. The van der Waals surface area contributed by atoms with Crippen LogP contribution in [0.15, 0.2) is 29.2 Å². The molecule has 0 amide bonds. The molecule has 2 aliphatic heterocycles. The van der Waals surface area contributed by atoms with Gasteiger partial charge in [-0.1, -0.05) is 0 Å². The summed E-state index contributed by atoms with van der Waals surface area (Å²) >= 11 is 0. The second kappa shape index (κ2) is 12.2. The molecule has 198 valence electrons. The monoisotopic (exact) mass is 525 g/mol. The summed E-state index contributed by atoms with van der Waals surface area (Å²) < 4.78 is 75.6. The number of aliphatic hydroxyl groups is 1. The molecule has 9 nitrogen and oxygen atoms in total. The smallest absolute Gasteiger partial charge is 0.416 e. The third kappa shape index (κ3) is 8.44. The van der Waals surface area contributed by atoms with Crippen molar-refractivity contribution in [2.45, 2.75) is 68.8 Å². The number of aliphatic hydroxyl groups excluding tert-OH is 1. The van der Waals surface area contributed by atoms with Crippen LogP contribution in [0.5, 0.6) is 0 Å². The van der Waals surface area contributed by atoms with Crippen molar-refractivity contribution >= 4 is 22.1 Å². The number of nitrogens with zero attached hydrogens (tertiary/aromatic N) is 1. The lowest BCUT2D eigenvalue weighted by molar-refractivity contribution is -0.157. The number of piperidine rings is 2. The van der Waals surface area contributed by atoms with E-state index in [-0.39, 0.29) is 42.6 Å². The number of carbonyl (C=O) groups excluding carboxylic acids is 2. The second-order valence-corrected chi connectivity index (χ2v) is 9.75. The molecule has 2 aliphatic rings. The molecule has 13 heteroatoms. The van der Waals surface area contributed by atoms with Crippen molar-refractivity contribution < 1.29 is 50.3 Å². The van der Waals surface area contributed by atoms with Crippen LogP contribution in [0.3, 0.4) is 0 Å². The van der Waals surface area contributed by atoms with Gasteiger partial charge < -0.3 is 14.6 Å². The van der Waals surface area contributed by atoms with Crippen LogP contribution in [0.4, 0.5) is 13.2 Å². The number of ether oxygens (including phenoxy) is 2. The highest BCUT2D eigenvalue weighted by molar-refractivity contribution is 7.85. The van der Waals surface area contributed by atoms with E-state index in [2.05, 4.69) is 4.90 Å². The summed E-state index contributed by atoms with van der Waals surface area (Å²) in [4.78, 5) is 25.2. The Balaban J connectivity index is 0.000000269. The van der Waals surface area contributed by atoms with Gasteiger partial charge >= 0.3 is 18.1 Å². The lowest BCUT2D eigenvalue weighted by atomic mass is 9.77. The number of rotatable bonds is 6. The van der Waals surface area contributed by atoms with Crippen molar-refractivity contribution in [3.63, 3.8) is 0 Å². The Morgan fingerprint density at radius 3 is 1.94 bits per heavy atom. The molecule has 1 aromatic carbocycles. The minimum absolute atomic E-state index is 0.0475. The molecule has 0 saturated carbocycles. The van der Waals surface area contributed by atoms with Gasteiger partial charge in [-0.25, -0.2) is 0 Å². The van der Waals surface area contributed by atoms with Gasteiger partial charge in [-0.05, 0) is 63.8 Å².